The van der Waals surface area contributed by atoms with Crippen molar-refractivity contribution in [3.63, 3.8) is 0 Å². The van der Waals surface area contributed by atoms with E-state index >= 15 is 0 Å². The molecule has 3 heterocycles. The van der Waals surface area contributed by atoms with Gasteiger partial charge in [0.15, 0.2) is 17.3 Å². The monoisotopic (exact) mass is 555 g/mol. The largest absolute Gasteiger partial charge is 0.472 e. The Labute approximate surface area is 228 Å². The van der Waals surface area contributed by atoms with Gasteiger partial charge in [0.25, 0.3) is 5.85 Å². The number of alkyl halides is 4. The van der Waals surface area contributed by atoms with E-state index in [0.29, 0.717) is 11.1 Å². The normalized spacial score (nSPS) is 17.1. The average Bonchev–Trinajstić information content (AvgIpc) is 3.50. The van der Waals surface area contributed by atoms with Crippen LogP contribution < -0.4 is 4.74 Å². The van der Waals surface area contributed by atoms with Gasteiger partial charge < -0.3 is 14.4 Å². The van der Waals surface area contributed by atoms with Crippen LogP contribution in [-0.2, 0) is 25.1 Å². The van der Waals surface area contributed by atoms with Gasteiger partial charge in [-0.3, -0.25) is 4.98 Å². The van der Waals surface area contributed by atoms with Crippen LogP contribution >= 0.6 is 0 Å². The Morgan fingerprint density at radius 3 is 2.45 bits per heavy atom. The maximum absolute atomic E-state index is 15.0. The molecule has 40 heavy (non-hydrogen) atoms. The Kier molecular flexibility index (Phi) is 7.11. The van der Waals surface area contributed by atoms with Gasteiger partial charge in [0, 0.05) is 41.5 Å². The number of aliphatic hydroxyl groups is 1. The number of imidazole rings is 1. The number of ether oxygens (including phenoxy) is 1. The second-order valence-corrected chi connectivity index (χ2v) is 10.5. The van der Waals surface area contributed by atoms with E-state index in [-0.39, 0.29) is 60.3 Å². The molecule has 0 amide bonds. The van der Waals surface area contributed by atoms with Crippen LogP contribution in [0.2, 0.25) is 0 Å². The SMILES string of the molecule is CC(C)c1ccccc1-c1nc(OCc2ccc(-c3nc(C(F)(F)F)cn3C(C)C)nc2)c2c(n1)C(O)(F)CC2. The Bertz CT molecular complexity index is 1530. The Morgan fingerprint density at radius 1 is 1.05 bits per heavy atom. The van der Waals surface area contributed by atoms with Crippen LogP contribution in [0.4, 0.5) is 17.6 Å². The minimum Gasteiger partial charge on any atom is -0.472 e. The molecule has 1 aromatic carbocycles. The lowest BCUT2D eigenvalue weighted by molar-refractivity contribution is -0.140. The topological polar surface area (TPSA) is 86.0 Å². The van der Waals surface area contributed by atoms with Gasteiger partial charge in [0.05, 0.1) is 0 Å². The number of nitrogens with zero attached hydrogens (tertiary/aromatic N) is 5. The third kappa shape index (κ3) is 5.30. The predicted molar refractivity (Wildman–Crippen MR) is 140 cm³/mol. The molecular formula is C29H29F4N5O2. The molecule has 0 saturated carbocycles. The van der Waals surface area contributed by atoms with Crippen molar-refractivity contribution in [1.82, 2.24) is 24.5 Å². The summed E-state index contributed by atoms with van der Waals surface area (Å²) in [5, 5.41) is 10.4. The molecule has 0 fully saturated rings. The van der Waals surface area contributed by atoms with E-state index in [9.17, 15) is 22.7 Å². The fraction of sp³-hybridized carbons (Fsp3) is 0.379. The van der Waals surface area contributed by atoms with Crippen LogP contribution in [0.15, 0.2) is 48.8 Å². The third-order valence-corrected chi connectivity index (χ3v) is 6.87. The van der Waals surface area contributed by atoms with Gasteiger partial charge in [0.1, 0.15) is 18.0 Å². The fourth-order valence-corrected chi connectivity index (χ4v) is 4.77. The number of aromatic nitrogens is 5. The van der Waals surface area contributed by atoms with Crippen molar-refractivity contribution in [2.24, 2.45) is 0 Å². The zero-order valence-electron chi connectivity index (χ0n) is 22.5. The van der Waals surface area contributed by atoms with E-state index in [0.717, 1.165) is 17.3 Å². The molecule has 11 heteroatoms. The molecule has 3 aromatic heterocycles. The van der Waals surface area contributed by atoms with Gasteiger partial charge in [0.2, 0.25) is 5.88 Å². The molecule has 1 atom stereocenters. The van der Waals surface area contributed by atoms with Crippen LogP contribution in [0.3, 0.4) is 0 Å². The minimum atomic E-state index is -4.57. The first-order valence-electron chi connectivity index (χ1n) is 13.0. The lowest BCUT2D eigenvalue weighted by atomic mass is 9.96. The highest BCUT2D eigenvalue weighted by atomic mass is 19.4. The van der Waals surface area contributed by atoms with E-state index in [1.54, 1.807) is 26.0 Å². The first-order chi connectivity index (χ1) is 18.8. The molecule has 0 spiro atoms. The smallest absolute Gasteiger partial charge is 0.434 e. The first-order valence-corrected chi connectivity index (χ1v) is 13.0. The highest BCUT2D eigenvalue weighted by Gasteiger charge is 2.42. The third-order valence-electron chi connectivity index (χ3n) is 6.87. The van der Waals surface area contributed by atoms with Gasteiger partial charge in [-0.1, -0.05) is 44.2 Å². The van der Waals surface area contributed by atoms with Crippen molar-refractivity contribution in [1.29, 1.82) is 0 Å². The van der Waals surface area contributed by atoms with Crippen LogP contribution in [0.1, 0.15) is 74.2 Å². The molecular weight excluding hydrogens is 526 g/mol. The van der Waals surface area contributed by atoms with Crippen molar-refractivity contribution in [2.45, 2.75) is 71.1 Å². The standard InChI is InChI=1S/C29H29F4N5O2/c1-16(2)19-7-5-6-8-20(19)25-36-24-21(11-12-28(24,30)39)27(37-25)40-15-18-9-10-22(34-13-18)26-35-23(29(31,32)33)14-38(26)17(3)4/h5-10,13-14,16-17,39H,11-12,15H2,1-4H3. The highest BCUT2D eigenvalue weighted by Crippen LogP contribution is 2.42. The van der Waals surface area contributed by atoms with Crippen LogP contribution in [-0.4, -0.2) is 29.6 Å². The lowest BCUT2D eigenvalue weighted by Crippen LogP contribution is -2.17. The summed E-state index contributed by atoms with van der Waals surface area (Å²) in [6.07, 6.45) is -2.04. The summed E-state index contributed by atoms with van der Waals surface area (Å²) in [4.78, 5) is 17.1. The molecule has 5 rings (SSSR count). The molecule has 7 nitrogen and oxygen atoms in total. The number of rotatable bonds is 7. The first kappa shape index (κ1) is 27.7. The fourth-order valence-electron chi connectivity index (χ4n) is 4.77. The van der Waals surface area contributed by atoms with E-state index in [2.05, 4.69) is 19.9 Å². The van der Waals surface area contributed by atoms with Crippen molar-refractivity contribution >= 4 is 0 Å². The quantitative estimate of drug-likeness (QED) is 0.254. The lowest BCUT2D eigenvalue weighted by Gasteiger charge is -2.17. The molecule has 0 aliphatic heterocycles. The minimum absolute atomic E-state index is 0.0130. The Morgan fingerprint density at radius 2 is 1.80 bits per heavy atom. The molecule has 4 aromatic rings. The number of benzene rings is 1. The molecule has 1 unspecified atom stereocenters. The summed E-state index contributed by atoms with van der Waals surface area (Å²) in [5.41, 5.74) is 1.92. The summed E-state index contributed by atoms with van der Waals surface area (Å²) in [6.45, 7) is 7.60. The van der Waals surface area contributed by atoms with E-state index in [1.807, 2.05) is 38.1 Å². The molecule has 1 aliphatic rings. The second-order valence-electron chi connectivity index (χ2n) is 10.5. The van der Waals surface area contributed by atoms with Crippen LogP contribution in [0.5, 0.6) is 5.88 Å². The maximum Gasteiger partial charge on any atom is 0.434 e. The second kappa shape index (κ2) is 10.3. The summed E-state index contributed by atoms with van der Waals surface area (Å²) in [5.74, 6) is -1.90. The van der Waals surface area contributed by atoms with Gasteiger partial charge in [-0.25, -0.2) is 14.4 Å². The van der Waals surface area contributed by atoms with Gasteiger partial charge in [-0.05, 0) is 37.8 Å². The van der Waals surface area contributed by atoms with E-state index in [1.165, 1.54) is 10.8 Å². The molecule has 210 valence electrons. The summed E-state index contributed by atoms with van der Waals surface area (Å²) >= 11 is 0. The van der Waals surface area contributed by atoms with Crippen molar-refractivity contribution in [2.75, 3.05) is 0 Å². The average molecular weight is 556 g/mol. The van der Waals surface area contributed by atoms with Gasteiger partial charge >= 0.3 is 6.18 Å². The molecule has 1 N–H and O–H groups in total. The van der Waals surface area contributed by atoms with Gasteiger partial charge in [-0.15, -0.1) is 0 Å². The van der Waals surface area contributed by atoms with E-state index < -0.39 is 17.7 Å². The highest BCUT2D eigenvalue weighted by molar-refractivity contribution is 5.63. The Hall–Kier alpha value is -3.86. The van der Waals surface area contributed by atoms with Gasteiger partial charge in [-0.2, -0.15) is 18.2 Å². The number of halogens is 4. The maximum atomic E-state index is 15.0. The summed E-state index contributed by atoms with van der Waals surface area (Å²) < 4.78 is 62.2. The van der Waals surface area contributed by atoms with E-state index in [4.69, 9.17) is 4.74 Å². The Balaban J connectivity index is 1.44. The number of fused-ring (bicyclic) bond motifs is 1. The number of hydrogen-bond donors (Lipinski definition) is 1. The summed E-state index contributed by atoms with van der Waals surface area (Å²) in [7, 11) is 0. The molecule has 0 saturated heterocycles. The van der Waals surface area contributed by atoms with Crippen LogP contribution in [0.25, 0.3) is 22.9 Å². The molecule has 0 radical (unpaired) electrons. The molecule has 0 bridgehead atoms. The predicted octanol–water partition coefficient (Wildman–Crippen LogP) is 6.77. The number of pyridine rings is 1. The van der Waals surface area contributed by atoms with Crippen molar-refractivity contribution < 1.29 is 27.4 Å². The number of hydrogen-bond acceptors (Lipinski definition) is 6. The van der Waals surface area contributed by atoms with Crippen molar-refractivity contribution in [3.8, 4) is 28.8 Å². The van der Waals surface area contributed by atoms with Crippen molar-refractivity contribution in [3.05, 3.63) is 76.9 Å². The summed E-state index contributed by atoms with van der Waals surface area (Å²) in [6, 6.07) is 10.5. The van der Waals surface area contributed by atoms with Crippen LogP contribution in [0, 0.1) is 0 Å². The zero-order chi connectivity index (χ0) is 28.8. The molecule has 1 aliphatic carbocycles. The zero-order valence-corrected chi connectivity index (χ0v) is 22.5.